The van der Waals surface area contributed by atoms with E-state index in [0.717, 1.165) is 43.3 Å². The Hall–Kier alpha value is -3.02. The molecule has 0 aliphatic heterocycles. The van der Waals surface area contributed by atoms with E-state index in [-0.39, 0.29) is 5.56 Å². The second-order valence-corrected chi connectivity index (χ2v) is 10.2. The zero-order chi connectivity index (χ0) is 23.9. The Balaban J connectivity index is 1.85. The molecule has 0 aliphatic rings. The van der Waals surface area contributed by atoms with Gasteiger partial charge in [0, 0.05) is 32.7 Å². The van der Waals surface area contributed by atoms with Crippen LogP contribution in [0, 0.1) is 39.0 Å². The maximum Gasteiger partial charge on any atom is 0.282 e. The molecular weight excluding hydrogens is 498 g/mol. The minimum absolute atomic E-state index is 0.189. The first kappa shape index (κ1) is 23.1. The van der Waals surface area contributed by atoms with Crippen molar-refractivity contribution >= 4 is 44.4 Å². The van der Waals surface area contributed by atoms with Gasteiger partial charge in [0.2, 0.25) is 0 Å². The first-order valence-electron chi connectivity index (χ1n) is 10.7. The van der Waals surface area contributed by atoms with E-state index in [9.17, 15) is 10.1 Å². The number of hydrogen-bond donors (Lipinski definition) is 0. The standard InChI is InChI=1S/C25H24BrN5OS/c1-6-7-23-29-22-9-8-19(26)11-20(22)24(32)31(23)28-13-18-10-14(2)30(16(18)4)25-21(12-27)15(3)17(5)33-25/h8-11,13H,6-7H2,1-5H3. The van der Waals surface area contributed by atoms with Gasteiger partial charge < -0.3 is 4.57 Å². The van der Waals surface area contributed by atoms with E-state index in [2.05, 4.69) is 38.6 Å². The molecule has 0 radical (unpaired) electrons. The molecule has 0 unspecified atom stereocenters. The van der Waals surface area contributed by atoms with Gasteiger partial charge in [0.05, 0.1) is 22.7 Å². The zero-order valence-electron chi connectivity index (χ0n) is 19.2. The fourth-order valence-electron chi connectivity index (χ4n) is 3.95. The minimum atomic E-state index is -0.189. The fraction of sp³-hybridized carbons (Fsp3) is 0.280. The third-order valence-corrected chi connectivity index (χ3v) is 7.50. The van der Waals surface area contributed by atoms with Crippen molar-refractivity contribution in [2.24, 2.45) is 5.10 Å². The lowest BCUT2D eigenvalue weighted by Gasteiger charge is -2.09. The minimum Gasteiger partial charge on any atom is -0.308 e. The van der Waals surface area contributed by atoms with Crippen LogP contribution in [0.1, 0.15) is 52.1 Å². The predicted molar refractivity (Wildman–Crippen MR) is 138 cm³/mol. The van der Waals surface area contributed by atoms with Crippen molar-refractivity contribution in [3.05, 3.63) is 77.9 Å². The summed E-state index contributed by atoms with van der Waals surface area (Å²) < 4.78 is 4.33. The van der Waals surface area contributed by atoms with Gasteiger partial charge in [0.1, 0.15) is 16.9 Å². The van der Waals surface area contributed by atoms with E-state index >= 15 is 0 Å². The van der Waals surface area contributed by atoms with Crippen LogP contribution in [-0.4, -0.2) is 20.4 Å². The molecule has 6 nitrogen and oxygen atoms in total. The van der Waals surface area contributed by atoms with Crippen molar-refractivity contribution in [3.8, 4) is 11.1 Å². The Labute approximate surface area is 205 Å². The van der Waals surface area contributed by atoms with E-state index in [1.54, 1.807) is 23.6 Å². The first-order valence-corrected chi connectivity index (χ1v) is 12.3. The summed E-state index contributed by atoms with van der Waals surface area (Å²) in [5.41, 5.74) is 5.07. The lowest BCUT2D eigenvalue weighted by Crippen LogP contribution is -2.22. The summed E-state index contributed by atoms with van der Waals surface area (Å²) in [6, 6.07) is 9.89. The number of fused-ring (bicyclic) bond motifs is 1. The predicted octanol–water partition coefficient (Wildman–Crippen LogP) is 5.95. The Kier molecular flexibility index (Phi) is 6.37. The second-order valence-electron chi connectivity index (χ2n) is 8.04. The van der Waals surface area contributed by atoms with Gasteiger partial charge in [-0.25, -0.2) is 4.98 Å². The SMILES string of the molecule is CCCc1nc2ccc(Br)cc2c(=O)n1N=Cc1cc(C)n(-c2sc(C)c(C)c2C#N)c1C. The van der Waals surface area contributed by atoms with Crippen molar-refractivity contribution < 1.29 is 0 Å². The summed E-state index contributed by atoms with van der Waals surface area (Å²) in [6.07, 6.45) is 3.22. The Morgan fingerprint density at radius 1 is 1.24 bits per heavy atom. The molecule has 168 valence electrons. The molecule has 0 atom stereocenters. The van der Waals surface area contributed by atoms with Crippen LogP contribution in [0.4, 0.5) is 0 Å². The Morgan fingerprint density at radius 2 is 2.00 bits per heavy atom. The van der Waals surface area contributed by atoms with E-state index < -0.39 is 0 Å². The Bertz CT molecular complexity index is 1520. The quantitative estimate of drug-likeness (QED) is 0.304. The first-order chi connectivity index (χ1) is 15.8. The van der Waals surface area contributed by atoms with Gasteiger partial charge in [0.25, 0.3) is 5.56 Å². The third kappa shape index (κ3) is 4.07. The number of aromatic nitrogens is 3. The van der Waals surface area contributed by atoms with Gasteiger partial charge >= 0.3 is 0 Å². The van der Waals surface area contributed by atoms with Crippen LogP contribution < -0.4 is 5.56 Å². The number of nitriles is 1. The fourth-order valence-corrected chi connectivity index (χ4v) is 5.53. The van der Waals surface area contributed by atoms with Gasteiger partial charge in [-0.05, 0) is 63.9 Å². The van der Waals surface area contributed by atoms with E-state index in [4.69, 9.17) is 4.98 Å². The average Bonchev–Trinajstić information content (AvgIpc) is 3.22. The lowest BCUT2D eigenvalue weighted by molar-refractivity contribution is 0.703. The highest BCUT2D eigenvalue weighted by molar-refractivity contribution is 9.10. The zero-order valence-corrected chi connectivity index (χ0v) is 21.6. The van der Waals surface area contributed by atoms with Crippen molar-refractivity contribution in [2.75, 3.05) is 0 Å². The number of aryl methyl sites for hydroxylation is 3. The van der Waals surface area contributed by atoms with Gasteiger partial charge in [0.15, 0.2) is 0 Å². The van der Waals surface area contributed by atoms with Crippen LogP contribution >= 0.6 is 27.3 Å². The lowest BCUT2D eigenvalue weighted by atomic mass is 10.2. The molecule has 0 amide bonds. The molecular formula is C25H24BrN5OS. The number of nitrogens with zero attached hydrogens (tertiary/aromatic N) is 5. The third-order valence-electron chi connectivity index (χ3n) is 5.81. The molecule has 3 heterocycles. The number of halogens is 1. The summed E-state index contributed by atoms with van der Waals surface area (Å²) in [4.78, 5) is 19.1. The van der Waals surface area contributed by atoms with E-state index in [0.29, 0.717) is 28.7 Å². The number of hydrogen-bond acceptors (Lipinski definition) is 5. The molecule has 0 bridgehead atoms. The van der Waals surface area contributed by atoms with Crippen LogP contribution in [-0.2, 0) is 6.42 Å². The van der Waals surface area contributed by atoms with Crippen LogP contribution in [0.15, 0.2) is 38.6 Å². The van der Waals surface area contributed by atoms with E-state index in [1.165, 1.54) is 4.68 Å². The molecule has 0 spiro atoms. The van der Waals surface area contributed by atoms with Gasteiger partial charge in [-0.15, -0.1) is 11.3 Å². The average molecular weight is 522 g/mol. The van der Waals surface area contributed by atoms with Crippen molar-refractivity contribution in [3.63, 3.8) is 0 Å². The monoisotopic (exact) mass is 521 g/mol. The van der Waals surface area contributed by atoms with Crippen molar-refractivity contribution in [1.82, 2.24) is 14.2 Å². The second kappa shape index (κ2) is 9.08. The summed E-state index contributed by atoms with van der Waals surface area (Å²) in [7, 11) is 0. The molecule has 0 saturated heterocycles. The number of thiophene rings is 1. The maximum atomic E-state index is 13.2. The highest BCUT2D eigenvalue weighted by atomic mass is 79.9. The largest absolute Gasteiger partial charge is 0.308 e. The number of rotatable bonds is 5. The van der Waals surface area contributed by atoms with E-state index in [1.807, 2.05) is 45.9 Å². The summed E-state index contributed by atoms with van der Waals surface area (Å²) in [6.45, 7) is 10.1. The molecule has 8 heteroatoms. The molecule has 4 aromatic rings. The summed E-state index contributed by atoms with van der Waals surface area (Å²) in [5.74, 6) is 0.638. The maximum absolute atomic E-state index is 13.2. The van der Waals surface area contributed by atoms with Crippen LogP contribution in [0.3, 0.4) is 0 Å². The van der Waals surface area contributed by atoms with Gasteiger partial charge in [-0.1, -0.05) is 22.9 Å². The highest BCUT2D eigenvalue weighted by Crippen LogP contribution is 2.33. The molecule has 0 fully saturated rings. The summed E-state index contributed by atoms with van der Waals surface area (Å²) in [5, 5.41) is 15.7. The smallest absolute Gasteiger partial charge is 0.282 e. The normalized spacial score (nSPS) is 11.5. The number of benzene rings is 1. The van der Waals surface area contributed by atoms with Gasteiger partial charge in [-0.3, -0.25) is 4.79 Å². The molecule has 3 aromatic heterocycles. The van der Waals surface area contributed by atoms with Gasteiger partial charge in [-0.2, -0.15) is 15.0 Å². The molecule has 0 saturated carbocycles. The van der Waals surface area contributed by atoms with Crippen LogP contribution in [0.5, 0.6) is 0 Å². The summed E-state index contributed by atoms with van der Waals surface area (Å²) >= 11 is 5.05. The molecule has 1 aromatic carbocycles. The topological polar surface area (TPSA) is 76.0 Å². The molecule has 0 N–H and O–H groups in total. The Morgan fingerprint density at radius 3 is 2.70 bits per heavy atom. The van der Waals surface area contributed by atoms with Crippen molar-refractivity contribution in [2.45, 2.75) is 47.5 Å². The van der Waals surface area contributed by atoms with Crippen LogP contribution in [0.2, 0.25) is 0 Å². The van der Waals surface area contributed by atoms with Crippen LogP contribution in [0.25, 0.3) is 15.9 Å². The van der Waals surface area contributed by atoms with Crippen molar-refractivity contribution in [1.29, 1.82) is 5.26 Å². The molecule has 0 aliphatic carbocycles. The molecule has 4 rings (SSSR count). The highest BCUT2D eigenvalue weighted by Gasteiger charge is 2.18. The molecule has 33 heavy (non-hydrogen) atoms.